The van der Waals surface area contributed by atoms with Crippen molar-refractivity contribution < 1.29 is 4.79 Å². The van der Waals surface area contributed by atoms with E-state index in [1.54, 1.807) is 0 Å². The second-order valence-electron chi connectivity index (χ2n) is 5.73. The number of anilines is 2. The molecule has 4 heteroatoms. The summed E-state index contributed by atoms with van der Waals surface area (Å²) < 4.78 is 0. The number of benzene rings is 2. The summed E-state index contributed by atoms with van der Waals surface area (Å²) >= 11 is 6.33. The maximum absolute atomic E-state index is 11.4. The second-order valence-corrected chi connectivity index (χ2v) is 6.14. The number of hydrogen-bond donors (Lipinski definition) is 2. The highest BCUT2D eigenvalue weighted by Gasteiger charge is 2.23. The number of carbonyl (C=O) groups is 1. The number of fused-ring (bicyclic) bond motifs is 2. The Labute approximate surface area is 128 Å². The predicted molar refractivity (Wildman–Crippen MR) is 85.0 cm³/mol. The molecule has 1 aliphatic heterocycles. The first-order chi connectivity index (χ1) is 10.2. The van der Waals surface area contributed by atoms with Gasteiger partial charge in [0.15, 0.2) is 0 Å². The minimum atomic E-state index is 0.0338. The van der Waals surface area contributed by atoms with Crippen LogP contribution < -0.4 is 10.6 Å². The topological polar surface area (TPSA) is 41.1 Å². The number of carbonyl (C=O) groups excluding carboxylic acids is 1. The lowest BCUT2D eigenvalue weighted by Crippen LogP contribution is -2.19. The molecule has 0 radical (unpaired) electrons. The molecule has 0 atom stereocenters. The van der Waals surface area contributed by atoms with Gasteiger partial charge < -0.3 is 10.6 Å². The minimum absolute atomic E-state index is 0.0338. The van der Waals surface area contributed by atoms with Crippen molar-refractivity contribution >= 4 is 28.9 Å². The molecule has 1 amide bonds. The number of hydrogen-bond acceptors (Lipinski definition) is 2. The van der Waals surface area contributed by atoms with Crippen molar-refractivity contribution in [2.24, 2.45) is 0 Å². The summed E-state index contributed by atoms with van der Waals surface area (Å²) in [7, 11) is 0. The number of rotatable bonds is 2. The third-order valence-corrected chi connectivity index (χ3v) is 4.54. The molecule has 2 aromatic rings. The van der Waals surface area contributed by atoms with Crippen molar-refractivity contribution in [1.29, 1.82) is 0 Å². The van der Waals surface area contributed by atoms with E-state index in [-0.39, 0.29) is 5.91 Å². The van der Waals surface area contributed by atoms with E-state index < -0.39 is 0 Å². The van der Waals surface area contributed by atoms with Crippen LogP contribution in [0, 0.1) is 0 Å². The second kappa shape index (κ2) is 4.78. The van der Waals surface area contributed by atoms with Crippen molar-refractivity contribution in [2.75, 3.05) is 10.6 Å². The molecule has 0 unspecified atom stereocenters. The highest BCUT2D eigenvalue weighted by molar-refractivity contribution is 6.33. The fraction of sp³-hybridized carbons (Fsp3) is 0.235. The predicted octanol–water partition coefficient (Wildman–Crippen LogP) is 3.41. The molecule has 2 aliphatic rings. The van der Waals surface area contributed by atoms with Crippen LogP contribution in [-0.4, -0.2) is 11.9 Å². The van der Waals surface area contributed by atoms with Crippen LogP contribution in [0.1, 0.15) is 16.7 Å². The molecule has 3 nitrogen and oxygen atoms in total. The molecule has 2 aromatic carbocycles. The lowest BCUT2D eigenvalue weighted by atomic mass is 10.1. The molecule has 1 aliphatic carbocycles. The monoisotopic (exact) mass is 298 g/mol. The average Bonchev–Trinajstić information content (AvgIpc) is 3.00. The summed E-state index contributed by atoms with van der Waals surface area (Å²) in [6.07, 6.45) is 2.47. The standard InChI is InChI=1S/C17H15ClN2O/c18-14-9-15-12(8-17(21)20-15)7-16(14)19-13-5-10-3-1-2-4-11(10)6-13/h1-4,7,9,13,19H,5-6,8H2,(H,20,21). The Balaban J connectivity index is 1.57. The first kappa shape index (κ1) is 12.7. The Kier molecular flexibility index (Phi) is 2.89. The quantitative estimate of drug-likeness (QED) is 0.892. The lowest BCUT2D eigenvalue weighted by molar-refractivity contribution is -0.115. The molecule has 106 valence electrons. The van der Waals surface area contributed by atoms with Gasteiger partial charge in [-0.05, 0) is 41.7 Å². The van der Waals surface area contributed by atoms with Gasteiger partial charge in [-0.2, -0.15) is 0 Å². The maximum Gasteiger partial charge on any atom is 0.228 e. The normalized spacial score (nSPS) is 16.5. The van der Waals surface area contributed by atoms with E-state index in [4.69, 9.17) is 11.6 Å². The Hall–Kier alpha value is -2.00. The van der Waals surface area contributed by atoms with Crippen molar-refractivity contribution in [3.05, 3.63) is 58.1 Å². The van der Waals surface area contributed by atoms with E-state index in [1.165, 1.54) is 11.1 Å². The molecule has 0 saturated heterocycles. The Morgan fingerprint density at radius 3 is 2.52 bits per heavy atom. The van der Waals surface area contributed by atoms with Gasteiger partial charge >= 0.3 is 0 Å². The molecule has 0 saturated carbocycles. The summed E-state index contributed by atoms with van der Waals surface area (Å²) in [5.41, 5.74) is 5.59. The fourth-order valence-corrected chi connectivity index (χ4v) is 3.46. The highest BCUT2D eigenvalue weighted by Crippen LogP contribution is 2.34. The molecule has 0 aromatic heterocycles. The number of amides is 1. The van der Waals surface area contributed by atoms with Crippen LogP contribution in [0.2, 0.25) is 5.02 Å². The third kappa shape index (κ3) is 2.28. The van der Waals surface area contributed by atoms with E-state index in [0.717, 1.165) is 29.8 Å². The van der Waals surface area contributed by atoms with E-state index in [2.05, 4.69) is 34.9 Å². The average molecular weight is 299 g/mol. The van der Waals surface area contributed by atoms with Crippen molar-refractivity contribution in [3.63, 3.8) is 0 Å². The molecule has 0 bridgehead atoms. The molecule has 1 heterocycles. The smallest absolute Gasteiger partial charge is 0.228 e. The molecule has 21 heavy (non-hydrogen) atoms. The molecule has 4 rings (SSSR count). The Bertz CT molecular complexity index is 717. The van der Waals surface area contributed by atoms with Crippen molar-refractivity contribution in [2.45, 2.75) is 25.3 Å². The van der Waals surface area contributed by atoms with Crippen LogP contribution in [0.15, 0.2) is 36.4 Å². The van der Waals surface area contributed by atoms with E-state index in [0.29, 0.717) is 17.5 Å². The van der Waals surface area contributed by atoms with Crippen LogP contribution in [0.4, 0.5) is 11.4 Å². The maximum atomic E-state index is 11.4. The van der Waals surface area contributed by atoms with Gasteiger partial charge in [0, 0.05) is 11.7 Å². The zero-order valence-corrected chi connectivity index (χ0v) is 12.2. The first-order valence-corrected chi connectivity index (χ1v) is 7.52. The first-order valence-electron chi connectivity index (χ1n) is 7.14. The summed E-state index contributed by atoms with van der Waals surface area (Å²) in [6, 6.07) is 12.7. The third-order valence-electron chi connectivity index (χ3n) is 4.23. The summed E-state index contributed by atoms with van der Waals surface area (Å²) in [5.74, 6) is 0.0338. The largest absolute Gasteiger partial charge is 0.380 e. The zero-order chi connectivity index (χ0) is 14.4. The van der Waals surface area contributed by atoms with Crippen LogP contribution in [-0.2, 0) is 24.1 Å². The highest BCUT2D eigenvalue weighted by atomic mass is 35.5. The van der Waals surface area contributed by atoms with Gasteiger partial charge in [0.2, 0.25) is 5.91 Å². The van der Waals surface area contributed by atoms with Gasteiger partial charge in [0.1, 0.15) is 0 Å². The molecule has 0 fully saturated rings. The van der Waals surface area contributed by atoms with Gasteiger partial charge in [-0.25, -0.2) is 0 Å². The van der Waals surface area contributed by atoms with Crippen LogP contribution in [0.5, 0.6) is 0 Å². The van der Waals surface area contributed by atoms with Crippen LogP contribution in [0.25, 0.3) is 0 Å². The Morgan fingerprint density at radius 1 is 1.10 bits per heavy atom. The van der Waals surface area contributed by atoms with Gasteiger partial charge in [0.25, 0.3) is 0 Å². The summed E-state index contributed by atoms with van der Waals surface area (Å²) in [4.78, 5) is 11.4. The molecular formula is C17H15ClN2O. The van der Waals surface area contributed by atoms with Crippen molar-refractivity contribution in [3.8, 4) is 0 Å². The SMILES string of the molecule is O=C1Cc2cc(NC3Cc4ccccc4C3)c(Cl)cc2N1. The number of halogens is 1. The van der Waals surface area contributed by atoms with E-state index >= 15 is 0 Å². The van der Waals surface area contributed by atoms with E-state index in [1.807, 2.05) is 12.1 Å². The van der Waals surface area contributed by atoms with E-state index in [9.17, 15) is 4.79 Å². The minimum Gasteiger partial charge on any atom is -0.380 e. The van der Waals surface area contributed by atoms with Gasteiger partial charge in [-0.1, -0.05) is 35.9 Å². The Morgan fingerprint density at radius 2 is 1.81 bits per heavy atom. The van der Waals surface area contributed by atoms with Crippen molar-refractivity contribution in [1.82, 2.24) is 0 Å². The van der Waals surface area contributed by atoms with Crippen LogP contribution in [0.3, 0.4) is 0 Å². The van der Waals surface area contributed by atoms with Crippen LogP contribution >= 0.6 is 11.6 Å². The van der Waals surface area contributed by atoms with Gasteiger partial charge in [-0.3, -0.25) is 4.79 Å². The molecule has 0 spiro atoms. The summed E-state index contributed by atoms with van der Waals surface area (Å²) in [6.45, 7) is 0. The zero-order valence-electron chi connectivity index (χ0n) is 11.4. The lowest BCUT2D eigenvalue weighted by Gasteiger charge is -2.16. The van der Waals surface area contributed by atoms with Gasteiger partial charge in [0.05, 0.1) is 17.1 Å². The molecule has 2 N–H and O–H groups in total. The number of nitrogens with one attached hydrogen (secondary N) is 2. The van der Waals surface area contributed by atoms with Gasteiger partial charge in [-0.15, -0.1) is 0 Å². The molecular weight excluding hydrogens is 284 g/mol. The fourth-order valence-electron chi connectivity index (χ4n) is 3.24. The summed E-state index contributed by atoms with van der Waals surface area (Å²) in [5, 5.41) is 7.01.